The Bertz CT molecular complexity index is 691. The van der Waals surface area contributed by atoms with Gasteiger partial charge in [-0.1, -0.05) is 23.4 Å². The first kappa shape index (κ1) is 9.84. The number of benzene rings is 2. The quantitative estimate of drug-likeness (QED) is 0.696. The van der Waals surface area contributed by atoms with Gasteiger partial charge in [-0.15, -0.1) is 0 Å². The largest absolute Gasteiger partial charge is 0.504 e. The van der Waals surface area contributed by atoms with Crippen LogP contribution >= 0.6 is 0 Å². The Balaban J connectivity index is 2.28. The van der Waals surface area contributed by atoms with Crippen molar-refractivity contribution in [3.8, 4) is 17.0 Å². The number of hydrogen-bond acceptors (Lipinski definition) is 3. The van der Waals surface area contributed by atoms with Gasteiger partial charge in [-0.25, -0.2) is 4.39 Å². The fourth-order valence-corrected chi connectivity index (χ4v) is 1.79. The Morgan fingerprint density at radius 2 is 1.94 bits per heavy atom. The second-order valence-corrected chi connectivity index (χ2v) is 3.70. The zero-order chi connectivity index (χ0) is 11.8. The van der Waals surface area contributed by atoms with E-state index < -0.39 is 0 Å². The summed E-state index contributed by atoms with van der Waals surface area (Å²) in [7, 11) is 0. The zero-order valence-corrected chi connectivity index (χ0v) is 8.72. The van der Waals surface area contributed by atoms with E-state index in [1.807, 2.05) is 0 Å². The highest BCUT2D eigenvalue weighted by atomic mass is 19.1. The lowest BCUT2D eigenvalue weighted by molar-refractivity contribution is 0.424. The van der Waals surface area contributed by atoms with Gasteiger partial charge in [-0.05, 0) is 24.3 Å². The van der Waals surface area contributed by atoms with Crippen LogP contribution in [0, 0.1) is 5.82 Å². The SMILES string of the molecule is Oc1cccc2c(-c3cccc(F)c3)noc12. The Morgan fingerprint density at radius 1 is 1.12 bits per heavy atom. The van der Waals surface area contributed by atoms with Crippen molar-refractivity contribution in [1.82, 2.24) is 5.16 Å². The molecule has 3 nitrogen and oxygen atoms in total. The Morgan fingerprint density at radius 3 is 2.76 bits per heavy atom. The molecule has 3 rings (SSSR count). The second kappa shape index (κ2) is 3.59. The monoisotopic (exact) mass is 229 g/mol. The van der Waals surface area contributed by atoms with Gasteiger partial charge in [-0.3, -0.25) is 0 Å². The van der Waals surface area contributed by atoms with Gasteiger partial charge in [0.2, 0.25) is 5.58 Å². The molecule has 0 bridgehead atoms. The van der Waals surface area contributed by atoms with Crippen molar-refractivity contribution in [2.75, 3.05) is 0 Å². The molecule has 1 heterocycles. The number of phenols is 1. The summed E-state index contributed by atoms with van der Waals surface area (Å²) >= 11 is 0. The summed E-state index contributed by atoms with van der Waals surface area (Å²) in [5.74, 6) is -0.309. The van der Waals surface area contributed by atoms with Crippen LogP contribution in [-0.2, 0) is 0 Å². The van der Waals surface area contributed by atoms with E-state index in [9.17, 15) is 9.50 Å². The van der Waals surface area contributed by atoms with E-state index >= 15 is 0 Å². The van der Waals surface area contributed by atoms with Crippen LogP contribution in [0.15, 0.2) is 47.0 Å². The van der Waals surface area contributed by atoms with Crippen molar-refractivity contribution < 1.29 is 14.0 Å². The number of hydrogen-bond donors (Lipinski definition) is 1. The van der Waals surface area contributed by atoms with Crippen molar-refractivity contribution in [3.63, 3.8) is 0 Å². The van der Waals surface area contributed by atoms with Crippen LogP contribution in [0.5, 0.6) is 5.75 Å². The molecule has 0 amide bonds. The van der Waals surface area contributed by atoms with E-state index in [4.69, 9.17) is 4.52 Å². The highest BCUT2D eigenvalue weighted by Gasteiger charge is 2.13. The van der Waals surface area contributed by atoms with Crippen molar-refractivity contribution in [2.45, 2.75) is 0 Å². The molecule has 84 valence electrons. The molecule has 0 saturated carbocycles. The number of aromatic nitrogens is 1. The zero-order valence-electron chi connectivity index (χ0n) is 8.72. The second-order valence-electron chi connectivity index (χ2n) is 3.70. The molecule has 0 radical (unpaired) electrons. The van der Waals surface area contributed by atoms with Crippen LogP contribution in [-0.4, -0.2) is 10.3 Å². The van der Waals surface area contributed by atoms with Gasteiger partial charge in [0.1, 0.15) is 11.5 Å². The van der Waals surface area contributed by atoms with Crippen LogP contribution in [0.25, 0.3) is 22.2 Å². The van der Waals surface area contributed by atoms with Crippen molar-refractivity contribution in [3.05, 3.63) is 48.3 Å². The van der Waals surface area contributed by atoms with Crippen molar-refractivity contribution in [2.24, 2.45) is 0 Å². The molecule has 0 atom stereocenters. The molecule has 0 unspecified atom stereocenters. The Labute approximate surface area is 96.1 Å². The summed E-state index contributed by atoms with van der Waals surface area (Å²) in [5, 5.41) is 14.1. The molecule has 1 aromatic heterocycles. The maximum Gasteiger partial charge on any atom is 0.209 e. The highest BCUT2D eigenvalue weighted by molar-refractivity contribution is 5.94. The van der Waals surface area contributed by atoms with Gasteiger partial charge in [0.05, 0.1) is 5.39 Å². The third-order valence-electron chi connectivity index (χ3n) is 2.58. The van der Waals surface area contributed by atoms with Crippen LogP contribution < -0.4 is 0 Å². The van der Waals surface area contributed by atoms with Crippen molar-refractivity contribution in [1.29, 1.82) is 0 Å². The molecule has 4 heteroatoms. The lowest BCUT2D eigenvalue weighted by Gasteiger charge is -1.96. The molecule has 0 fully saturated rings. The lowest BCUT2D eigenvalue weighted by Crippen LogP contribution is -1.80. The first-order valence-corrected chi connectivity index (χ1v) is 5.09. The minimum atomic E-state index is -0.334. The normalized spacial score (nSPS) is 10.9. The molecular formula is C13H8FNO2. The molecule has 1 N–H and O–H groups in total. The van der Waals surface area contributed by atoms with Gasteiger partial charge in [0.15, 0.2) is 5.75 Å². The predicted octanol–water partition coefficient (Wildman–Crippen LogP) is 3.34. The Hall–Kier alpha value is -2.36. The average Bonchev–Trinajstić information content (AvgIpc) is 2.74. The average molecular weight is 229 g/mol. The smallest absolute Gasteiger partial charge is 0.209 e. The summed E-state index contributed by atoms with van der Waals surface area (Å²) < 4.78 is 18.2. The molecule has 0 aliphatic carbocycles. The highest BCUT2D eigenvalue weighted by Crippen LogP contribution is 2.32. The Kier molecular flexibility index (Phi) is 2.08. The minimum Gasteiger partial charge on any atom is -0.504 e. The molecule has 3 aromatic rings. The lowest BCUT2D eigenvalue weighted by atomic mass is 10.1. The maximum atomic E-state index is 13.1. The van der Waals surface area contributed by atoms with E-state index in [1.165, 1.54) is 18.2 Å². The van der Waals surface area contributed by atoms with Crippen LogP contribution in [0.4, 0.5) is 4.39 Å². The van der Waals surface area contributed by atoms with Gasteiger partial charge >= 0.3 is 0 Å². The van der Waals surface area contributed by atoms with Crippen molar-refractivity contribution >= 4 is 11.0 Å². The predicted molar refractivity (Wildman–Crippen MR) is 61.1 cm³/mol. The molecule has 2 aromatic carbocycles. The number of rotatable bonds is 1. The third-order valence-corrected chi connectivity index (χ3v) is 2.58. The molecular weight excluding hydrogens is 221 g/mol. The first-order chi connectivity index (χ1) is 8.25. The molecule has 0 saturated heterocycles. The van der Waals surface area contributed by atoms with Crippen LogP contribution in [0.1, 0.15) is 0 Å². The van der Waals surface area contributed by atoms with E-state index in [1.54, 1.807) is 24.3 Å². The number of para-hydroxylation sites is 1. The number of aromatic hydroxyl groups is 1. The number of fused-ring (bicyclic) bond motifs is 1. The maximum absolute atomic E-state index is 13.1. The van der Waals surface area contributed by atoms with Crippen LogP contribution in [0.2, 0.25) is 0 Å². The van der Waals surface area contributed by atoms with E-state index in [-0.39, 0.29) is 11.6 Å². The van der Waals surface area contributed by atoms with Gasteiger partial charge in [-0.2, -0.15) is 0 Å². The summed E-state index contributed by atoms with van der Waals surface area (Å²) in [4.78, 5) is 0. The van der Waals surface area contributed by atoms with Gasteiger partial charge < -0.3 is 9.63 Å². The summed E-state index contributed by atoms with van der Waals surface area (Å²) in [5.41, 5.74) is 1.46. The first-order valence-electron chi connectivity index (χ1n) is 5.09. The third kappa shape index (κ3) is 1.54. The summed E-state index contributed by atoms with van der Waals surface area (Å²) in [6.45, 7) is 0. The summed E-state index contributed by atoms with van der Waals surface area (Å²) in [6.07, 6.45) is 0. The number of nitrogens with zero attached hydrogens (tertiary/aromatic N) is 1. The molecule has 0 aliphatic rings. The molecule has 0 aliphatic heterocycles. The van der Waals surface area contributed by atoms with E-state index in [0.29, 0.717) is 22.2 Å². The number of phenolic OH excluding ortho intramolecular Hbond substituents is 1. The van der Waals surface area contributed by atoms with Gasteiger partial charge in [0, 0.05) is 5.56 Å². The topological polar surface area (TPSA) is 46.3 Å². The fraction of sp³-hybridized carbons (Fsp3) is 0. The molecule has 17 heavy (non-hydrogen) atoms. The summed E-state index contributed by atoms with van der Waals surface area (Å²) in [6, 6.07) is 11.1. The number of halogens is 1. The van der Waals surface area contributed by atoms with E-state index in [2.05, 4.69) is 5.16 Å². The molecule has 0 spiro atoms. The van der Waals surface area contributed by atoms with Crippen LogP contribution in [0.3, 0.4) is 0 Å². The minimum absolute atomic E-state index is 0.0256. The van der Waals surface area contributed by atoms with E-state index in [0.717, 1.165) is 0 Å². The standard InChI is InChI=1S/C13H8FNO2/c14-9-4-1-3-8(7-9)12-10-5-2-6-11(16)13(10)17-15-12/h1-7,16H. The van der Waals surface area contributed by atoms with Gasteiger partial charge in [0.25, 0.3) is 0 Å². The fourth-order valence-electron chi connectivity index (χ4n) is 1.79.